The summed E-state index contributed by atoms with van der Waals surface area (Å²) in [6.07, 6.45) is -5.97. The summed E-state index contributed by atoms with van der Waals surface area (Å²) >= 11 is 0. The fraction of sp³-hybridized carbons (Fsp3) is 0.125. The molecule has 12 heteroatoms. The van der Waals surface area contributed by atoms with E-state index in [0.717, 1.165) is 18.2 Å². The molecule has 0 aromatic heterocycles. The molecule has 0 aliphatic heterocycles. The second-order valence-electron chi connectivity index (χ2n) is 5.27. The van der Waals surface area contributed by atoms with Crippen LogP contribution in [-0.2, 0) is 5.92 Å². The lowest BCUT2D eigenvalue weighted by atomic mass is 10.1. The molecule has 0 unspecified atom stereocenters. The number of alkyl halides is 5. The van der Waals surface area contributed by atoms with Gasteiger partial charge in [-0.05, 0) is 24.3 Å². The molecule has 2 aromatic rings. The smallest absolute Gasteiger partial charge is 0.305 e. The molecule has 28 heavy (non-hydrogen) atoms. The summed E-state index contributed by atoms with van der Waals surface area (Å²) in [4.78, 5) is 23.3. The van der Waals surface area contributed by atoms with Gasteiger partial charge in [0, 0.05) is 5.56 Å². The van der Waals surface area contributed by atoms with E-state index < -0.39 is 58.3 Å². The number of carbonyl (C=O) groups is 2. The van der Waals surface area contributed by atoms with Gasteiger partial charge in [-0.25, -0.2) is 18.0 Å². The van der Waals surface area contributed by atoms with Crippen LogP contribution < -0.4 is 10.6 Å². The standard InChI is InChI=1S/C16H8F8N2O2/c17-8-2-1-3-9(18)12(8)13(27)26-14(28)25-11-5-4-7(6-10(11)19)15(20,21)16(22,23)24/h1-6H,(H2,25,26,27,28). The van der Waals surface area contributed by atoms with Gasteiger partial charge in [-0.2, -0.15) is 22.0 Å². The number of carbonyl (C=O) groups excluding carboxylic acids is 2. The summed E-state index contributed by atoms with van der Waals surface area (Å²) < 4.78 is 104. The SMILES string of the molecule is O=C(NC(=O)c1c(F)cccc1F)Nc1ccc(C(F)(F)C(F)(F)F)cc1F. The molecule has 0 aliphatic rings. The van der Waals surface area contributed by atoms with E-state index >= 15 is 0 Å². The van der Waals surface area contributed by atoms with Gasteiger partial charge in [0.1, 0.15) is 23.0 Å². The Morgan fingerprint density at radius 3 is 1.89 bits per heavy atom. The minimum atomic E-state index is -5.97. The van der Waals surface area contributed by atoms with Crippen molar-refractivity contribution >= 4 is 17.6 Å². The predicted octanol–water partition coefficient (Wildman–Crippen LogP) is 4.72. The molecule has 0 saturated carbocycles. The van der Waals surface area contributed by atoms with Gasteiger partial charge in [-0.3, -0.25) is 10.1 Å². The van der Waals surface area contributed by atoms with Gasteiger partial charge in [0.05, 0.1) is 5.69 Å². The average Bonchev–Trinajstić information content (AvgIpc) is 2.55. The zero-order chi connectivity index (χ0) is 21.3. The summed E-state index contributed by atoms with van der Waals surface area (Å²) in [5.41, 5.74) is -3.69. The molecule has 0 saturated heterocycles. The topological polar surface area (TPSA) is 58.2 Å². The first-order valence-electron chi connectivity index (χ1n) is 7.15. The Morgan fingerprint density at radius 2 is 1.39 bits per heavy atom. The second-order valence-corrected chi connectivity index (χ2v) is 5.27. The molecular formula is C16H8F8N2O2. The molecule has 150 valence electrons. The highest BCUT2D eigenvalue weighted by molar-refractivity contribution is 6.08. The normalized spacial score (nSPS) is 11.9. The molecule has 0 spiro atoms. The van der Waals surface area contributed by atoms with Crippen molar-refractivity contribution in [1.82, 2.24) is 5.32 Å². The van der Waals surface area contributed by atoms with Crippen molar-refractivity contribution < 1.29 is 44.7 Å². The third-order valence-electron chi connectivity index (χ3n) is 3.35. The van der Waals surface area contributed by atoms with Crippen LogP contribution in [0.5, 0.6) is 0 Å². The number of hydrogen-bond acceptors (Lipinski definition) is 2. The molecule has 0 aliphatic carbocycles. The van der Waals surface area contributed by atoms with Crippen molar-refractivity contribution in [3.63, 3.8) is 0 Å². The van der Waals surface area contributed by atoms with Crippen LogP contribution in [0, 0.1) is 17.5 Å². The largest absolute Gasteiger partial charge is 0.458 e. The van der Waals surface area contributed by atoms with Crippen molar-refractivity contribution in [1.29, 1.82) is 0 Å². The minimum absolute atomic E-state index is 0.151. The maximum absolute atomic E-state index is 13.8. The van der Waals surface area contributed by atoms with Crippen LogP contribution in [0.1, 0.15) is 15.9 Å². The average molecular weight is 412 g/mol. The number of imide groups is 1. The first-order valence-corrected chi connectivity index (χ1v) is 7.15. The Kier molecular flexibility index (Phi) is 5.62. The van der Waals surface area contributed by atoms with E-state index in [2.05, 4.69) is 0 Å². The molecule has 0 heterocycles. The van der Waals surface area contributed by atoms with Gasteiger partial charge in [-0.15, -0.1) is 0 Å². The third kappa shape index (κ3) is 4.21. The summed E-state index contributed by atoms with van der Waals surface area (Å²) in [5, 5.41) is 3.11. The molecule has 2 N–H and O–H groups in total. The number of urea groups is 1. The number of anilines is 1. The lowest BCUT2D eigenvalue weighted by Crippen LogP contribution is -2.36. The zero-order valence-electron chi connectivity index (χ0n) is 13.3. The third-order valence-corrected chi connectivity index (χ3v) is 3.35. The van der Waals surface area contributed by atoms with Crippen molar-refractivity contribution in [2.45, 2.75) is 12.1 Å². The predicted molar refractivity (Wildman–Crippen MR) is 79.2 cm³/mol. The Bertz CT molecular complexity index is 907. The van der Waals surface area contributed by atoms with Gasteiger partial charge in [0.2, 0.25) is 0 Å². The molecular weight excluding hydrogens is 404 g/mol. The van der Waals surface area contributed by atoms with E-state index in [1.807, 2.05) is 0 Å². The van der Waals surface area contributed by atoms with Gasteiger partial charge in [0.15, 0.2) is 0 Å². The molecule has 0 bridgehead atoms. The number of amides is 3. The number of nitrogens with one attached hydrogen (secondary N) is 2. The number of benzene rings is 2. The highest BCUT2D eigenvalue weighted by atomic mass is 19.4. The molecule has 0 fully saturated rings. The van der Waals surface area contributed by atoms with Crippen LogP contribution in [0.25, 0.3) is 0 Å². The molecule has 4 nitrogen and oxygen atoms in total. The van der Waals surface area contributed by atoms with Crippen molar-refractivity contribution in [2.24, 2.45) is 0 Å². The van der Waals surface area contributed by atoms with Crippen LogP contribution in [0.15, 0.2) is 36.4 Å². The first-order chi connectivity index (χ1) is 12.8. The van der Waals surface area contributed by atoms with Crippen LogP contribution in [0.4, 0.5) is 45.6 Å². The van der Waals surface area contributed by atoms with Crippen LogP contribution in [0.3, 0.4) is 0 Å². The summed E-state index contributed by atoms with van der Waals surface area (Å²) in [7, 11) is 0. The molecule has 2 aromatic carbocycles. The molecule has 2 rings (SSSR count). The van der Waals surface area contributed by atoms with Crippen LogP contribution >= 0.6 is 0 Å². The van der Waals surface area contributed by atoms with E-state index in [1.165, 1.54) is 5.32 Å². The van der Waals surface area contributed by atoms with Gasteiger partial charge in [0.25, 0.3) is 5.91 Å². The summed E-state index contributed by atoms with van der Waals surface area (Å²) in [5.74, 6) is -11.1. The van der Waals surface area contributed by atoms with E-state index in [4.69, 9.17) is 0 Å². The van der Waals surface area contributed by atoms with E-state index in [1.54, 1.807) is 5.32 Å². The second kappa shape index (κ2) is 7.44. The molecule has 3 amide bonds. The van der Waals surface area contributed by atoms with Gasteiger partial charge >= 0.3 is 18.1 Å². The zero-order valence-corrected chi connectivity index (χ0v) is 13.3. The fourth-order valence-electron chi connectivity index (χ4n) is 2.01. The molecule has 0 radical (unpaired) electrons. The van der Waals surface area contributed by atoms with E-state index in [-0.39, 0.29) is 12.1 Å². The summed E-state index contributed by atoms with van der Waals surface area (Å²) in [6, 6.07) is 1.37. The highest BCUT2D eigenvalue weighted by Gasteiger charge is 2.58. The lowest BCUT2D eigenvalue weighted by Gasteiger charge is -2.20. The van der Waals surface area contributed by atoms with E-state index in [0.29, 0.717) is 6.07 Å². The Morgan fingerprint density at radius 1 is 0.821 bits per heavy atom. The van der Waals surface area contributed by atoms with Gasteiger partial charge < -0.3 is 5.32 Å². The van der Waals surface area contributed by atoms with E-state index in [9.17, 15) is 44.7 Å². The summed E-state index contributed by atoms with van der Waals surface area (Å²) in [6.45, 7) is 0. The van der Waals surface area contributed by atoms with Gasteiger partial charge in [-0.1, -0.05) is 12.1 Å². The van der Waals surface area contributed by atoms with Crippen LogP contribution in [-0.4, -0.2) is 18.1 Å². The molecule has 0 atom stereocenters. The first kappa shape index (κ1) is 21.1. The van der Waals surface area contributed by atoms with Crippen molar-refractivity contribution in [3.05, 3.63) is 65.0 Å². The highest BCUT2D eigenvalue weighted by Crippen LogP contribution is 2.44. The van der Waals surface area contributed by atoms with Crippen molar-refractivity contribution in [3.8, 4) is 0 Å². The monoisotopic (exact) mass is 412 g/mol. The number of rotatable bonds is 3. The fourth-order valence-corrected chi connectivity index (χ4v) is 2.01. The maximum Gasteiger partial charge on any atom is 0.458 e. The van der Waals surface area contributed by atoms with Crippen molar-refractivity contribution in [2.75, 3.05) is 5.32 Å². The lowest BCUT2D eigenvalue weighted by molar-refractivity contribution is -0.289. The Hall–Kier alpha value is -3.18. The Balaban J connectivity index is 2.16. The minimum Gasteiger partial charge on any atom is -0.305 e. The maximum atomic E-state index is 13.8. The number of hydrogen-bond donors (Lipinski definition) is 2. The van der Waals surface area contributed by atoms with Crippen LogP contribution in [0.2, 0.25) is 0 Å². The number of halogens is 8. The quantitative estimate of drug-likeness (QED) is 0.717. The Labute approximate surface area is 151 Å².